The molecular formula is C10F10O2. The Morgan fingerprint density at radius 3 is 1.00 bits per heavy atom. The predicted octanol–water partition coefficient (Wildman–Crippen LogP) is 4.22. The highest BCUT2D eigenvalue weighted by atomic mass is 19.4. The van der Waals surface area contributed by atoms with E-state index in [0.29, 0.717) is 0 Å². The average Bonchev–Trinajstić information content (AvgIpc) is 2.26. The molecule has 0 aliphatic carbocycles. The molecular weight excluding hydrogens is 342 g/mol. The maximum Gasteiger partial charge on any atom is 0.420 e. The fourth-order valence-electron chi connectivity index (χ4n) is 1.59. The fourth-order valence-corrected chi connectivity index (χ4v) is 1.59. The quantitative estimate of drug-likeness (QED) is 0.596. The van der Waals surface area contributed by atoms with Crippen molar-refractivity contribution in [2.24, 2.45) is 0 Å². The number of hydrogen-bond acceptors (Lipinski definition) is 2. The molecule has 0 fully saturated rings. The molecule has 0 unspecified atom stereocenters. The SMILES string of the molecule is O=C(F)c1c(F)c(C(F)(F)F)c(C(=O)F)c(F)c1C(F)(F)F. The molecule has 22 heavy (non-hydrogen) atoms. The van der Waals surface area contributed by atoms with Gasteiger partial charge in [-0.15, -0.1) is 0 Å². The Bertz CT molecular complexity index is 598. The first-order chi connectivity index (χ1) is 9.71. The standard InChI is InChI=1S/C10F10O2/c11-5-1(7(13)21)3(9(15,16)17)6(12)2(8(14)22)4(5)10(18,19)20. The van der Waals surface area contributed by atoms with Gasteiger partial charge in [0, 0.05) is 0 Å². The molecule has 0 amide bonds. The molecule has 0 aromatic heterocycles. The number of hydrogen-bond donors (Lipinski definition) is 0. The van der Waals surface area contributed by atoms with Gasteiger partial charge in [-0.1, -0.05) is 0 Å². The first kappa shape index (κ1) is 17.9. The average molecular weight is 342 g/mol. The molecule has 0 saturated heterocycles. The van der Waals surface area contributed by atoms with E-state index < -0.39 is 58.3 Å². The van der Waals surface area contributed by atoms with Gasteiger partial charge in [-0.2, -0.15) is 35.1 Å². The predicted molar refractivity (Wildman–Crippen MR) is 47.2 cm³/mol. The van der Waals surface area contributed by atoms with Crippen LogP contribution in [0.2, 0.25) is 0 Å². The van der Waals surface area contributed by atoms with Crippen molar-refractivity contribution in [3.8, 4) is 0 Å². The lowest BCUT2D eigenvalue weighted by Crippen LogP contribution is -2.25. The van der Waals surface area contributed by atoms with Crippen LogP contribution in [0.5, 0.6) is 0 Å². The van der Waals surface area contributed by atoms with Gasteiger partial charge < -0.3 is 0 Å². The topological polar surface area (TPSA) is 34.1 Å². The number of benzene rings is 1. The third-order valence-electron chi connectivity index (χ3n) is 2.34. The summed E-state index contributed by atoms with van der Waals surface area (Å²) in [4.78, 5) is 20.7. The molecule has 122 valence electrons. The van der Waals surface area contributed by atoms with E-state index in [1.807, 2.05) is 0 Å². The largest absolute Gasteiger partial charge is 0.420 e. The monoisotopic (exact) mass is 342 g/mol. The van der Waals surface area contributed by atoms with Crippen molar-refractivity contribution in [1.29, 1.82) is 0 Å². The highest BCUT2D eigenvalue weighted by molar-refractivity contribution is 5.96. The molecule has 0 saturated carbocycles. The van der Waals surface area contributed by atoms with Gasteiger partial charge in [0.25, 0.3) is 0 Å². The van der Waals surface area contributed by atoms with Crippen molar-refractivity contribution in [3.05, 3.63) is 33.9 Å². The minimum atomic E-state index is -6.07. The molecule has 0 bridgehead atoms. The van der Waals surface area contributed by atoms with Gasteiger partial charge in [-0.25, -0.2) is 8.78 Å². The number of rotatable bonds is 2. The van der Waals surface area contributed by atoms with E-state index in [4.69, 9.17) is 0 Å². The van der Waals surface area contributed by atoms with Gasteiger partial charge in [0.05, 0.1) is 0 Å². The summed E-state index contributed by atoms with van der Waals surface area (Å²) in [6.07, 6.45) is -12.1. The van der Waals surface area contributed by atoms with E-state index in [1.165, 1.54) is 0 Å². The van der Waals surface area contributed by atoms with E-state index in [2.05, 4.69) is 0 Å². The van der Waals surface area contributed by atoms with Gasteiger partial charge in [-0.05, 0) is 0 Å². The van der Waals surface area contributed by atoms with Crippen LogP contribution in [-0.2, 0) is 12.4 Å². The maximum absolute atomic E-state index is 13.4. The summed E-state index contributed by atoms with van der Waals surface area (Å²) in [5.41, 5.74) is -12.2. The van der Waals surface area contributed by atoms with Crippen LogP contribution in [0.3, 0.4) is 0 Å². The first-order valence-electron chi connectivity index (χ1n) is 4.80. The highest BCUT2D eigenvalue weighted by Crippen LogP contribution is 2.43. The van der Waals surface area contributed by atoms with E-state index in [0.717, 1.165) is 0 Å². The highest BCUT2D eigenvalue weighted by Gasteiger charge is 2.49. The molecule has 0 atom stereocenters. The zero-order valence-corrected chi connectivity index (χ0v) is 9.60. The molecule has 0 heterocycles. The molecule has 0 radical (unpaired) electrons. The zero-order chi connectivity index (χ0) is 17.6. The molecule has 1 aromatic rings. The third kappa shape index (κ3) is 2.90. The summed E-state index contributed by atoms with van der Waals surface area (Å²) in [6, 6.07) is -6.76. The lowest BCUT2D eigenvalue weighted by molar-refractivity contribution is -0.145. The minimum Gasteiger partial charge on any atom is -0.255 e. The van der Waals surface area contributed by atoms with Crippen LogP contribution >= 0.6 is 0 Å². The van der Waals surface area contributed by atoms with E-state index in [9.17, 15) is 53.5 Å². The molecule has 1 aromatic carbocycles. The molecule has 0 aliphatic rings. The lowest BCUT2D eigenvalue weighted by Gasteiger charge is -2.18. The summed E-state index contributed by atoms with van der Waals surface area (Å²) in [7, 11) is 0. The summed E-state index contributed by atoms with van der Waals surface area (Å²) in [6.45, 7) is 0. The third-order valence-corrected chi connectivity index (χ3v) is 2.34. The van der Waals surface area contributed by atoms with Gasteiger partial charge in [0.1, 0.15) is 22.3 Å². The Morgan fingerprint density at radius 2 is 0.864 bits per heavy atom. The van der Waals surface area contributed by atoms with Crippen LogP contribution in [0.15, 0.2) is 0 Å². The molecule has 1 rings (SSSR count). The summed E-state index contributed by atoms with van der Waals surface area (Å²) >= 11 is 0. The Kier molecular flexibility index (Phi) is 4.27. The van der Waals surface area contributed by atoms with E-state index in [-0.39, 0.29) is 0 Å². The number of carbonyl (C=O) groups excluding carboxylic acids is 2. The molecule has 12 heteroatoms. The minimum absolute atomic E-state index is 2.93. The summed E-state index contributed by atoms with van der Waals surface area (Å²) in [5.74, 6) is -6.48. The molecule has 0 spiro atoms. The zero-order valence-electron chi connectivity index (χ0n) is 9.60. The maximum atomic E-state index is 13.4. The van der Waals surface area contributed by atoms with Crippen molar-refractivity contribution >= 4 is 12.1 Å². The second-order valence-electron chi connectivity index (χ2n) is 3.67. The van der Waals surface area contributed by atoms with Crippen molar-refractivity contribution in [3.63, 3.8) is 0 Å². The Labute approximate surface area is 113 Å². The second-order valence-corrected chi connectivity index (χ2v) is 3.67. The number of halogens is 10. The van der Waals surface area contributed by atoms with E-state index >= 15 is 0 Å². The first-order valence-corrected chi connectivity index (χ1v) is 4.80. The van der Waals surface area contributed by atoms with Crippen molar-refractivity contribution in [1.82, 2.24) is 0 Å². The van der Waals surface area contributed by atoms with Crippen LogP contribution in [0.25, 0.3) is 0 Å². The Balaban J connectivity index is 4.18. The molecule has 0 aliphatic heterocycles. The van der Waals surface area contributed by atoms with Crippen LogP contribution in [0.4, 0.5) is 43.9 Å². The summed E-state index contributed by atoms with van der Waals surface area (Å²) in [5, 5.41) is 0. The normalized spacial score (nSPS) is 12.5. The van der Waals surface area contributed by atoms with Crippen LogP contribution in [0.1, 0.15) is 31.8 Å². The van der Waals surface area contributed by atoms with Gasteiger partial charge in [-0.3, -0.25) is 9.59 Å². The Hall–Kier alpha value is -2.14. The van der Waals surface area contributed by atoms with Gasteiger partial charge in [0.2, 0.25) is 0 Å². The van der Waals surface area contributed by atoms with Crippen molar-refractivity contribution in [2.45, 2.75) is 12.4 Å². The number of carbonyl (C=O) groups is 2. The fraction of sp³-hybridized carbons (Fsp3) is 0.200. The lowest BCUT2D eigenvalue weighted by atomic mass is 9.95. The van der Waals surface area contributed by atoms with Gasteiger partial charge >= 0.3 is 24.4 Å². The Morgan fingerprint density at radius 1 is 0.636 bits per heavy atom. The molecule has 0 N–H and O–H groups in total. The van der Waals surface area contributed by atoms with Crippen molar-refractivity contribution < 1.29 is 53.5 Å². The van der Waals surface area contributed by atoms with Crippen LogP contribution in [-0.4, -0.2) is 12.1 Å². The number of alkyl halides is 6. The smallest absolute Gasteiger partial charge is 0.255 e. The molecule has 2 nitrogen and oxygen atoms in total. The van der Waals surface area contributed by atoms with Crippen LogP contribution in [0, 0.1) is 11.6 Å². The van der Waals surface area contributed by atoms with Crippen molar-refractivity contribution in [2.75, 3.05) is 0 Å². The van der Waals surface area contributed by atoms with E-state index in [1.54, 1.807) is 0 Å². The summed E-state index contributed by atoms with van der Waals surface area (Å²) < 4.78 is 127. The second kappa shape index (κ2) is 5.25. The van der Waals surface area contributed by atoms with Gasteiger partial charge in [0.15, 0.2) is 11.6 Å². The van der Waals surface area contributed by atoms with Crippen LogP contribution < -0.4 is 0 Å².